The zero-order valence-electron chi connectivity index (χ0n) is 44.7. The molecule has 7 atom stereocenters. The topological polar surface area (TPSA) is 185 Å². The van der Waals surface area contributed by atoms with Crippen molar-refractivity contribution < 1.29 is 62.5 Å². The van der Waals surface area contributed by atoms with Crippen molar-refractivity contribution in [2.45, 2.75) is 101 Å². The molecule has 2 fully saturated rings. The number of nitrogens with one attached hydrogen (secondary N) is 1. The van der Waals surface area contributed by atoms with Crippen molar-refractivity contribution in [3.63, 3.8) is 0 Å². The number of fused-ring (bicyclic) bond motifs is 3. The number of benzene rings is 5. The third-order valence-corrected chi connectivity index (χ3v) is 15.3. The molecular formula is C62H73N3O13. The average molecular weight is 1070 g/mol. The summed E-state index contributed by atoms with van der Waals surface area (Å²) in [6.45, 7) is 5.36. The number of amides is 2. The van der Waals surface area contributed by atoms with Gasteiger partial charge in [-0.25, -0.2) is 9.59 Å². The number of hydrogen-bond donors (Lipinski definition) is 3. The monoisotopic (exact) mass is 1070 g/mol. The zero-order valence-corrected chi connectivity index (χ0v) is 44.7. The van der Waals surface area contributed by atoms with Crippen molar-refractivity contribution in [1.82, 2.24) is 4.90 Å². The summed E-state index contributed by atoms with van der Waals surface area (Å²) in [4.78, 5) is 37.3. The summed E-state index contributed by atoms with van der Waals surface area (Å²) in [5, 5.41) is 30.1. The average Bonchev–Trinajstić information content (AvgIpc) is 3.20. The molecule has 2 amide bonds. The normalized spacial score (nSPS) is 22.7. The van der Waals surface area contributed by atoms with Crippen LogP contribution in [-0.2, 0) is 36.9 Å². The molecule has 7 unspecified atom stereocenters. The number of anilines is 1. The maximum Gasteiger partial charge on any atom is 0.417 e. The fourth-order valence-corrected chi connectivity index (χ4v) is 11.7. The first-order valence-corrected chi connectivity index (χ1v) is 27.4. The summed E-state index contributed by atoms with van der Waals surface area (Å²) in [7, 11) is 3.06. The van der Waals surface area contributed by atoms with Crippen molar-refractivity contribution in [3.05, 3.63) is 150 Å². The molecule has 16 nitrogen and oxygen atoms in total. The maximum atomic E-state index is 15.4. The van der Waals surface area contributed by atoms with E-state index in [1.54, 1.807) is 48.4 Å². The minimum Gasteiger partial charge on any atom is -0.497 e. The molecule has 0 radical (unpaired) electrons. The van der Waals surface area contributed by atoms with Gasteiger partial charge in [0.2, 0.25) is 12.1 Å². The Morgan fingerprint density at radius 1 is 0.872 bits per heavy atom. The molecule has 0 bridgehead atoms. The minimum absolute atomic E-state index is 0.0250. The maximum absolute atomic E-state index is 15.4. The molecule has 4 aliphatic rings. The number of unbranched alkanes of at least 4 members (excludes halogenated alkanes) is 2. The number of carbonyl (C=O) groups is 2. The van der Waals surface area contributed by atoms with Crippen LogP contribution in [0.5, 0.6) is 23.0 Å². The number of aliphatic hydroxyl groups is 2. The standard InChI is InChI=1S/C62H73N3O13/c1-4-32-75-62-56(65(40-45-22-16-21-43-19-8-9-23-48(43)45)61(69)74-35-34-72-41-42-17-6-5-7-18-42)39-53(64-78-57-25-12-15-33-73-57)50-36-44(20-10-13-30-66)49(24-11-14-31-67)58(59(50)62)51-37-47(27-29-54(51)77-62)76-60(68)63-52-28-26-46(70-2)38-55(52)71-3/h4-9,16-19,21-23,26-29,36-38,44,49,56-59,66-67H,1,10-15,20,24-25,30-35,39-41H2,2-3H3,(H,63,68). The quantitative estimate of drug-likeness (QED) is 0.0285. The van der Waals surface area contributed by atoms with Gasteiger partial charge >= 0.3 is 12.2 Å². The van der Waals surface area contributed by atoms with Crippen LogP contribution in [0, 0.1) is 17.8 Å². The zero-order chi connectivity index (χ0) is 54.3. The highest BCUT2D eigenvalue weighted by Gasteiger charge is 2.66. The van der Waals surface area contributed by atoms with Gasteiger partial charge in [-0.15, -0.1) is 6.58 Å². The number of oxime groups is 1. The molecule has 1 saturated heterocycles. The lowest BCUT2D eigenvalue weighted by atomic mass is 9.55. The van der Waals surface area contributed by atoms with Crippen molar-refractivity contribution in [1.29, 1.82) is 0 Å². The number of carbonyl (C=O) groups excluding carboxylic acids is 2. The first kappa shape index (κ1) is 55.8. The van der Waals surface area contributed by atoms with Gasteiger partial charge in [-0.05, 0) is 108 Å². The molecule has 5 aromatic carbocycles. The molecule has 0 aromatic heterocycles. The van der Waals surface area contributed by atoms with E-state index < -0.39 is 42.1 Å². The summed E-state index contributed by atoms with van der Waals surface area (Å²) in [5.74, 6) is -1.14. The van der Waals surface area contributed by atoms with Crippen LogP contribution >= 0.6 is 0 Å². The second kappa shape index (κ2) is 27.1. The predicted octanol–water partition coefficient (Wildman–Crippen LogP) is 11.5. The Bertz CT molecular complexity index is 2870. The third-order valence-electron chi connectivity index (χ3n) is 15.3. The van der Waals surface area contributed by atoms with Crippen LogP contribution in [0.1, 0.15) is 86.8 Å². The summed E-state index contributed by atoms with van der Waals surface area (Å²) in [6, 6.07) is 33.4. The van der Waals surface area contributed by atoms with Crippen LogP contribution in [0.2, 0.25) is 0 Å². The fourth-order valence-electron chi connectivity index (χ4n) is 11.7. The molecule has 0 spiro atoms. The molecule has 2 aliphatic carbocycles. The fraction of sp³-hybridized carbons (Fsp3) is 0.435. The van der Waals surface area contributed by atoms with Gasteiger partial charge in [0.05, 0.1) is 64.5 Å². The van der Waals surface area contributed by atoms with E-state index in [9.17, 15) is 15.0 Å². The van der Waals surface area contributed by atoms with E-state index in [1.165, 1.54) is 7.11 Å². The van der Waals surface area contributed by atoms with Gasteiger partial charge in [0.15, 0.2) is 0 Å². The highest BCUT2D eigenvalue weighted by Crippen LogP contribution is 2.62. The summed E-state index contributed by atoms with van der Waals surface area (Å²) in [5.41, 5.74) is 4.49. The number of nitrogens with zero attached hydrogens (tertiary/aromatic N) is 2. The SMILES string of the molecule is C=CCOC12Oc3ccc(OC(=O)Nc4ccc(OC)cc4OC)cc3C3C(CCCCO)C(CCCCO)C=C(C(=NOC4CCCCO4)CC1N(Cc1cccc4ccccc14)C(=O)OCCOCc1ccccc1)C32. The number of ether oxygens (including phenoxy) is 8. The Balaban J connectivity index is 1.19. The second-order valence-corrected chi connectivity index (χ2v) is 20.2. The molecule has 2 heterocycles. The van der Waals surface area contributed by atoms with Crippen molar-refractivity contribution in [2.24, 2.45) is 22.9 Å². The van der Waals surface area contributed by atoms with Gasteiger partial charge < -0.3 is 52.9 Å². The smallest absolute Gasteiger partial charge is 0.417 e. The van der Waals surface area contributed by atoms with Crippen molar-refractivity contribution >= 4 is 34.4 Å². The van der Waals surface area contributed by atoms with Crippen molar-refractivity contribution in [3.8, 4) is 23.0 Å². The van der Waals surface area contributed by atoms with Crippen LogP contribution in [0.15, 0.2) is 139 Å². The lowest BCUT2D eigenvalue weighted by molar-refractivity contribution is -0.256. The number of rotatable bonds is 25. The Morgan fingerprint density at radius 2 is 1.67 bits per heavy atom. The number of hydrogen-bond acceptors (Lipinski definition) is 14. The number of allylic oxidation sites excluding steroid dienone is 1. The van der Waals surface area contributed by atoms with E-state index >= 15 is 4.79 Å². The van der Waals surface area contributed by atoms with Crippen molar-refractivity contribution in [2.75, 3.05) is 59.2 Å². The Labute approximate surface area is 456 Å². The van der Waals surface area contributed by atoms with E-state index in [2.05, 4.69) is 18.0 Å². The predicted molar refractivity (Wildman–Crippen MR) is 296 cm³/mol. The first-order valence-electron chi connectivity index (χ1n) is 27.4. The highest BCUT2D eigenvalue weighted by atomic mass is 16.8. The molecule has 3 N–H and O–H groups in total. The molecule has 1 saturated carbocycles. The van der Waals surface area contributed by atoms with Gasteiger partial charge in [0.1, 0.15) is 35.6 Å². The summed E-state index contributed by atoms with van der Waals surface area (Å²) in [6.07, 6.45) is 8.79. The van der Waals surface area contributed by atoms with E-state index in [4.69, 9.17) is 47.9 Å². The summed E-state index contributed by atoms with van der Waals surface area (Å²) < 4.78 is 50.2. The summed E-state index contributed by atoms with van der Waals surface area (Å²) >= 11 is 0. The van der Waals surface area contributed by atoms with Gasteiger partial charge in [-0.2, -0.15) is 0 Å². The highest BCUT2D eigenvalue weighted by molar-refractivity contribution is 6.03. The largest absolute Gasteiger partial charge is 0.497 e. The molecule has 414 valence electrons. The number of methoxy groups -OCH3 is 2. The lowest BCUT2D eigenvalue weighted by Gasteiger charge is -2.60. The minimum atomic E-state index is -1.61. The third kappa shape index (κ3) is 13.0. The van der Waals surface area contributed by atoms with E-state index in [1.807, 2.05) is 78.9 Å². The molecule has 9 rings (SSSR count). The molecule has 78 heavy (non-hydrogen) atoms. The second-order valence-electron chi connectivity index (χ2n) is 20.2. The van der Waals surface area contributed by atoms with Gasteiger partial charge in [0, 0.05) is 43.6 Å². The van der Waals surface area contributed by atoms with Crippen LogP contribution in [0.25, 0.3) is 10.8 Å². The van der Waals surface area contributed by atoms with Crippen LogP contribution in [0.4, 0.5) is 15.3 Å². The molecule has 2 aliphatic heterocycles. The number of aliphatic hydroxyl groups excluding tert-OH is 2. The van der Waals surface area contributed by atoms with Gasteiger partial charge in [-0.1, -0.05) is 103 Å². The molecule has 5 aromatic rings. The molecule has 16 heteroatoms. The van der Waals surface area contributed by atoms with Crippen LogP contribution in [0.3, 0.4) is 0 Å². The Kier molecular flexibility index (Phi) is 19.4. The van der Waals surface area contributed by atoms with E-state index in [-0.39, 0.29) is 63.6 Å². The van der Waals surface area contributed by atoms with E-state index in [0.717, 1.165) is 58.7 Å². The van der Waals surface area contributed by atoms with Crippen LogP contribution < -0.4 is 24.3 Å². The van der Waals surface area contributed by atoms with Gasteiger partial charge in [0.25, 0.3) is 0 Å². The Morgan fingerprint density at radius 3 is 2.45 bits per heavy atom. The Hall–Kier alpha value is -6.95. The van der Waals surface area contributed by atoms with Gasteiger partial charge in [-0.3, -0.25) is 10.2 Å². The van der Waals surface area contributed by atoms with Crippen LogP contribution in [-0.4, -0.2) is 105 Å². The lowest BCUT2D eigenvalue weighted by Crippen LogP contribution is -2.70. The van der Waals surface area contributed by atoms with E-state index in [0.29, 0.717) is 74.0 Å². The molecular weight excluding hydrogens is 995 g/mol. The first-order chi connectivity index (χ1) is 38.3.